The lowest BCUT2D eigenvalue weighted by Gasteiger charge is -2.08. The van der Waals surface area contributed by atoms with E-state index in [0.29, 0.717) is 11.0 Å². The molecule has 0 bridgehead atoms. The van der Waals surface area contributed by atoms with Crippen molar-refractivity contribution in [1.82, 2.24) is 5.32 Å². The van der Waals surface area contributed by atoms with Crippen molar-refractivity contribution >= 4 is 27.9 Å². The predicted molar refractivity (Wildman–Crippen MR) is 107 cm³/mol. The predicted octanol–water partition coefficient (Wildman–Crippen LogP) is 4.96. The maximum Gasteiger partial charge on any atom is 0.258 e. The zero-order chi connectivity index (χ0) is 17.9. The molecule has 0 saturated heterocycles. The zero-order valence-corrected chi connectivity index (χ0v) is 16.1. The summed E-state index contributed by atoms with van der Waals surface area (Å²) in [5.74, 6) is 0.779. The Morgan fingerprint density at radius 3 is 2.72 bits per heavy atom. The molecule has 0 fully saturated rings. The number of hydrogen-bond acceptors (Lipinski definition) is 2. The van der Waals surface area contributed by atoms with Crippen molar-refractivity contribution in [2.24, 2.45) is 0 Å². The summed E-state index contributed by atoms with van der Waals surface area (Å²) in [6.45, 7) is 3.47. The fourth-order valence-corrected chi connectivity index (χ4v) is 2.70. The molecule has 0 aliphatic carbocycles. The van der Waals surface area contributed by atoms with Gasteiger partial charge >= 0.3 is 0 Å². The van der Waals surface area contributed by atoms with Crippen LogP contribution < -0.4 is 10.1 Å². The molecular formula is C21H24BrNO2. The molecule has 0 saturated carbocycles. The summed E-state index contributed by atoms with van der Waals surface area (Å²) in [6.07, 6.45) is 4.76. The lowest BCUT2D eigenvalue weighted by molar-refractivity contribution is -0.116. The molecule has 132 valence electrons. The van der Waals surface area contributed by atoms with E-state index in [-0.39, 0.29) is 5.91 Å². The second-order valence-corrected chi connectivity index (χ2v) is 6.61. The largest absolute Gasteiger partial charge is 0.494 e. The van der Waals surface area contributed by atoms with Gasteiger partial charge in [-0.1, -0.05) is 55.8 Å². The van der Waals surface area contributed by atoms with E-state index in [4.69, 9.17) is 4.74 Å². The third-order valence-corrected chi connectivity index (χ3v) is 4.26. The zero-order valence-electron chi connectivity index (χ0n) is 14.5. The van der Waals surface area contributed by atoms with Gasteiger partial charge < -0.3 is 10.1 Å². The van der Waals surface area contributed by atoms with Gasteiger partial charge in [0, 0.05) is 6.54 Å². The molecule has 0 spiro atoms. The molecule has 2 aromatic carbocycles. The Bertz CT molecular complexity index is 698. The molecule has 0 unspecified atom stereocenters. The number of rotatable bonds is 9. The van der Waals surface area contributed by atoms with Gasteiger partial charge in [0.25, 0.3) is 5.91 Å². The topological polar surface area (TPSA) is 38.3 Å². The molecule has 2 aromatic rings. The van der Waals surface area contributed by atoms with Crippen LogP contribution in [-0.4, -0.2) is 19.1 Å². The highest BCUT2D eigenvalue weighted by Gasteiger charge is 2.06. The second kappa shape index (κ2) is 10.7. The first-order chi connectivity index (χ1) is 12.2. The van der Waals surface area contributed by atoms with Crippen LogP contribution in [0.1, 0.15) is 30.9 Å². The third-order valence-electron chi connectivity index (χ3n) is 3.67. The first-order valence-corrected chi connectivity index (χ1v) is 9.40. The van der Waals surface area contributed by atoms with E-state index in [1.165, 1.54) is 0 Å². The molecule has 0 aromatic heterocycles. The van der Waals surface area contributed by atoms with Gasteiger partial charge in [0.2, 0.25) is 0 Å². The van der Waals surface area contributed by atoms with Gasteiger partial charge in [-0.3, -0.25) is 4.79 Å². The molecule has 0 aliphatic heterocycles. The standard InChI is InChI=1S/C21H24BrNO2/c1-2-3-14-25-19-11-7-10-18(15-19)12-13-23-21(24)20(22)16-17-8-5-4-6-9-17/h4-11,15-16H,2-3,12-14H2,1H3,(H,23,24). The van der Waals surface area contributed by atoms with Crippen LogP contribution in [0.4, 0.5) is 0 Å². The molecule has 3 nitrogen and oxygen atoms in total. The first kappa shape index (κ1) is 19.3. The maximum absolute atomic E-state index is 12.1. The molecule has 1 amide bonds. The van der Waals surface area contributed by atoms with Gasteiger partial charge in [0.05, 0.1) is 11.1 Å². The second-order valence-electron chi connectivity index (χ2n) is 5.76. The van der Waals surface area contributed by atoms with Crippen molar-refractivity contribution in [3.8, 4) is 5.75 Å². The number of benzene rings is 2. The summed E-state index contributed by atoms with van der Waals surface area (Å²) in [4.78, 5) is 12.1. The number of hydrogen-bond donors (Lipinski definition) is 1. The number of unbranched alkanes of at least 4 members (excludes halogenated alkanes) is 1. The van der Waals surface area contributed by atoms with Crippen LogP contribution >= 0.6 is 15.9 Å². The fourth-order valence-electron chi connectivity index (χ4n) is 2.29. The highest BCUT2D eigenvalue weighted by Crippen LogP contribution is 2.15. The van der Waals surface area contributed by atoms with Crippen molar-refractivity contribution in [3.63, 3.8) is 0 Å². The van der Waals surface area contributed by atoms with Gasteiger partial charge in [0.15, 0.2) is 0 Å². The van der Waals surface area contributed by atoms with Gasteiger partial charge in [0.1, 0.15) is 5.75 Å². The van der Waals surface area contributed by atoms with Crippen LogP contribution in [0.3, 0.4) is 0 Å². The van der Waals surface area contributed by atoms with Crippen LogP contribution in [-0.2, 0) is 11.2 Å². The Balaban J connectivity index is 1.81. The Labute approximate surface area is 158 Å². The minimum atomic E-state index is -0.112. The minimum absolute atomic E-state index is 0.112. The average Bonchev–Trinajstić information content (AvgIpc) is 2.63. The number of carbonyl (C=O) groups is 1. The van der Waals surface area contributed by atoms with Crippen molar-refractivity contribution in [1.29, 1.82) is 0 Å². The summed E-state index contributed by atoms with van der Waals surface area (Å²) in [7, 11) is 0. The lowest BCUT2D eigenvalue weighted by Crippen LogP contribution is -2.25. The Morgan fingerprint density at radius 2 is 1.96 bits per heavy atom. The molecule has 0 atom stereocenters. The molecular weight excluding hydrogens is 378 g/mol. The first-order valence-electron chi connectivity index (χ1n) is 8.61. The van der Waals surface area contributed by atoms with Crippen molar-refractivity contribution in [2.75, 3.05) is 13.2 Å². The molecule has 4 heteroatoms. The summed E-state index contributed by atoms with van der Waals surface area (Å²) in [5, 5.41) is 2.93. The highest BCUT2D eigenvalue weighted by atomic mass is 79.9. The van der Waals surface area contributed by atoms with Gasteiger partial charge in [-0.05, 0) is 58.1 Å². The Kier molecular flexibility index (Phi) is 8.26. The van der Waals surface area contributed by atoms with Gasteiger partial charge in [-0.15, -0.1) is 0 Å². The SMILES string of the molecule is CCCCOc1cccc(CCNC(=O)C(Br)=Cc2ccccc2)c1. The fraction of sp³-hybridized carbons (Fsp3) is 0.286. The number of carbonyl (C=O) groups excluding carboxylic acids is 1. The maximum atomic E-state index is 12.1. The molecule has 0 heterocycles. The summed E-state index contributed by atoms with van der Waals surface area (Å²) >= 11 is 3.34. The summed E-state index contributed by atoms with van der Waals surface area (Å²) in [6, 6.07) is 17.8. The number of halogens is 1. The van der Waals surface area contributed by atoms with E-state index in [0.717, 1.165) is 42.7 Å². The Morgan fingerprint density at radius 1 is 1.16 bits per heavy atom. The molecule has 2 rings (SSSR count). The van der Waals surface area contributed by atoms with E-state index < -0.39 is 0 Å². The molecule has 25 heavy (non-hydrogen) atoms. The Hall–Kier alpha value is -2.07. The molecule has 0 aliphatic rings. The number of ether oxygens (including phenoxy) is 1. The molecule has 0 radical (unpaired) electrons. The van der Waals surface area contributed by atoms with E-state index in [9.17, 15) is 4.79 Å². The van der Waals surface area contributed by atoms with Gasteiger partial charge in [-0.2, -0.15) is 0 Å². The number of amides is 1. The van der Waals surface area contributed by atoms with E-state index in [1.54, 1.807) is 0 Å². The lowest BCUT2D eigenvalue weighted by atomic mass is 10.1. The monoisotopic (exact) mass is 401 g/mol. The minimum Gasteiger partial charge on any atom is -0.494 e. The van der Waals surface area contributed by atoms with Crippen LogP contribution in [0.5, 0.6) is 5.75 Å². The quantitative estimate of drug-likeness (QED) is 0.476. The van der Waals surface area contributed by atoms with Crippen LogP contribution in [0.2, 0.25) is 0 Å². The van der Waals surface area contributed by atoms with E-state index in [1.807, 2.05) is 60.7 Å². The number of nitrogens with one attached hydrogen (secondary N) is 1. The highest BCUT2D eigenvalue weighted by molar-refractivity contribution is 9.12. The third kappa shape index (κ3) is 7.14. The van der Waals surface area contributed by atoms with Crippen LogP contribution in [0, 0.1) is 0 Å². The molecule has 1 N–H and O–H groups in total. The van der Waals surface area contributed by atoms with Crippen LogP contribution in [0.25, 0.3) is 6.08 Å². The van der Waals surface area contributed by atoms with Crippen molar-refractivity contribution < 1.29 is 9.53 Å². The normalized spacial score (nSPS) is 11.2. The summed E-state index contributed by atoms with van der Waals surface area (Å²) < 4.78 is 6.24. The average molecular weight is 402 g/mol. The van der Waals surface area contributed by atoms with E-state index >= 15 is 0 Å². The van der Waals surface area contributed by atoms with Crippen molar-refractivity contribution in [3.05, 3.63) is 70.2 Å². The summed E-state index contributed by atoms with van der Waals surface area (Å²) in [5.41, 5.74) is 2.14. The van der Waals surface area contributed by atoms with Crippen LogP contribution in [0.15, 0.2) is 59.1 Å². The van der Waals surface area contributed by atoms with Gasteiger partial charge in [-0.25, -0.2) is 0 Å². The van der Waals surface area contributed by atoms with Crippen molar-refractivity contribution in [2.45, 2.75) is 26.2 Å². The smallest absolute Gasteiger partial charge is 0.258 e. The van der Waals surface area contributed by atoms with E-state index in [2.05, 4.69) is 28.2 Å².